The molecule has 0 spiro atoms. The molecule has 24 heavy (non-hydrogen) atoms. The van der Waals surface area contributed by atoms with Crippen LogP contribution in [0, 0.1) is 0 Å². The Morgan fingerprint density at radius 3 is 2.25 bits per heavy atom. The molecule has 1 N–H and O–H groups in total. The first-order valence-electron chi connectivity index (χ1n) is 7.34. The molecule has 0 aliphatic rings. The molecule has 0 aromatic heterocycles. The third kappa shape index (κ3) is 7.54. The molecule has 8 heteroatoms. The van der Waals surface area contributed by atoms with Crippen LogP contribution in [-0.4, -0.2) is 41.9 Å². The molecule has 0 aliphatic carbocycles. The number of hydrogen-bond acceptors (Lipinski definition) is 3. The van der Waals surface area contributed by atoms with Gasteiger partial charge >= 0.3 is 5.51 Å². The summed E-state index contributed by atoms with van der Waals surface area (Å²) in [6, 6.07) is 5.64. The Labute approximate surface area is 143 Å². The molecule has 0 fully saturated rings. The van der Waals surface area contributed by atoms with Gasteiger partial charge in [-0.2, -0.15) is 13.2 Å². The molecule has 4 nitrogen and oxygen atoms in total. The second-order valence-corrected chi connectivity index (χ2v) is 5.87. The predicted octanol–water partition coefficient (Wildman–Crippen LogP) is 3.30. The van der Waals surface area contributed by atoms with E-state index in [9.17, 15) is 22.8 Å². The lowest BCUT2D eigenvalue weighted by atomic mass is 10.2. The second-order valence-electron chi connectivity index (χ2n) is 4.73. The van der Waals surface area contributed by atoms with Crippen molar-refractivity contribution in [1.82, 2.24) is 10.2 Å². The molecule has 132 valence electrons. The molecule has 2 amide bonds. The van der Waals surface area contributed by atoms with Crippen molar-refractivity contribution in [3.05, 3.63) is 35.9 Å². The summed E-state index contributed by atoms with van der Waals surface area (Å²) in [7, 11) is 0. The van der Waals surface area contributed by atoms with Crippen LogP contribution in [0.3, 0.4) is 0 Å². The van der Waals surface area contributed by atoms with Crippen LogP contribution in [0.15, 0.2) is 35.2 Å². The van der Waals surface area contributed by atoms with Crippen LogP contribution in [0.1, 0.15) is 19.4 Å². The first kappa shape index (κ1) is 20.1. The van der Waals surface area contributed by atoms with Crippen molar-refractivity contribution in [2.45, 2.75) is 24.3 Å². The number of halogens is 3. The third-order valence-electron chi connectivity index (χ3n) is 3.07. The van der Waals surface area contributed by atoms with Crippen LogP contribution in [0.2, 0.25) is 0 Å². The van der Waals surface area contributed by atoms with E-state index in [1.165, 1.54) is 36.4 Å². The highest BCUT2D eigenvalue weighted by atomic mass is 32.2. The van der Waals surface area contributed by atoms with E-state index in [1.807, 2.05) is 13.8 Å². The third-order valence-corrected chi connectivity index (χ3v) is 3.81. The quantitative estimate of drug-likeness (QED) is 0.600. The number of carbonyl (C=O) groups is 2. The summed E-state index contributed by atoms with van der Waals surface area (Å²) in [5.74, 6) is -0.612. The predicted molar refractivity (Wildman–Crippen MR) is 88.3 cm³/mol. The minimum absolute atomic E-state index is 0.0777. The van der Waals surface area contributed by atoms with Gasteiger partial charge in [-0.1, -0.05) is 12.1 Å². The van der Waals surface area contributed by atoms with Crippen molar-refractivity contribution in [2.75, 3.05) is 19.6 Å². The van der Waals surface area contributed by atoms with Crippen LogP contribution in [0.25, 0.3) is 6.08 Å². The van der Waals surface area contributed by atoms with E-state index in [2.05, 4.69) is 5.32 Å². The van der Waals surface area contributed by atoms with Crippen LogP contribution in [-0.2, 0) is 9.59 Å². The van der Waals surface area contributed by atoms with Gasteiger partial charge in [0.25, 0.3) is 0 Å². The van der Waals surface area contributed by atoms with Gasteiger partial charge in [-0.3, -0.25) is 9.59 Å². The molecule has 0 saturated heterocycles. The molecule has 1 aromatic carbocycles. The summed E-state index contributed by atoms with van der Waals surface area (Å²) in [5, 5.41) is 2.47. The van der Waals surface area contributed by atoms with Gasteiger partial charge in [0.05, 0.1) is 6.54 Å². The molecule has 1 rings (SSSR count). The molecule has 0 aliphatic heterocycles. The fraction of sp³-hybridized carbons (Fsp3) is 0.375. The molecule has 0 bridgehead atoms. The number of alkyl halides is 3. The van der Waals surface area contributed by atoms with Crippen molar-refractivity contribution in [1.29, 1.82) is 0 Å². The summed E-state index contributed by atoms with van der Waals surface area (Å²) < 4.78 is 36.7. The average molecular weight is 360 g/mol. The molecule has 0 saturated carbocycles. The largest absolute Gasteiger partial charge is 0.446 e. The van der Waals surface area contributed by atoms with Gasteiger partial charge in [0.2, 0.25) is 11.8 Å². The first-order valence-corrected chi connectivity index (χ1v) is 8.16. The number of hydrogen-bond donors (Lipinski definition) is 1. The Balaban J connectivity index is 2.51. The molecule has 0 radical (unpaired) electrons. The average Bonchev–Trinajstić information content (AvgIpc) is 2.52. The zero-order valence-electron chi connectivity index (χ0n) is 13.4. The topological polar surface area (TPSA) is 49.4 Å². The summed E-state index contributed by atoms with van der Waals surface area (Å²) in [6.07, 6.45) is 2.71. The zero-order valence-corrected chi connectivity index (χ0v) is 14.2. The van der Waals surface area contributed by atoms with E-state index < -0.39 is 11.4 Å². The smallest absolute Gasteiger partial charge is 0.343 e. The number of likely N-dealkylation sites (N-methyl/N-ethyl adjacent to an activating group) is 1. The SMILES string of the molecule is CCN(CC)C(=O)CNC(=O)/C=C/c1ccc(SC(F)(F)F)cc1. The first-order chi connectivity index (χ1) is 11.2. The Morgan fingerprint density at radius 2 is 1.75 bits per heavy atom. The standard InChI is InChI=1S/C16H19F3N2O2S/c1-3-21(4-2)15(23)11-20-14(22)10-7-12-5-8-13(9-6-12)24-16(17,18)19/h5-10H,3-4,11H2,1-2H3,(H,20,22)/b10-7+. The van der Waals surface area contributed by atoms with Crippen molar-refractivity contribution >= 4 is 29.7 Å². The highest BCUT2D eigenvalue weighted by Gasteiger charge is 2.28. The Morgan fingerprint density at radius 1 is 1.17 bits per heavy atom. The highest BCUT2D eigenvalue weighted by Crippen LogP contribution is 2.36. The van der Waals surface area contributed by atoms with Crippen molar-refractivity contribution in [2.24, 2.45) is 0 Å². The number of nitrogens with one attached hydrogen (secondary N) is 1. The molecule has 1 aromatic rings. The summed E-state index contributed by atoms with van der Waals surface area (Å²) in [6.45, 7) is 4.76. The molecular formula is C16H19F3N2O2S. The van der Waals surface area contributed by atoms with Crippen molar-refractivity contribution in [3.63, 3.8) is 0 Å². The van der Waals surface area contributed by atoms with Crippen LogP contribution >= 0.6 is 11.8 Å². The van der Waals surface area contributed by atoms with Gasteiger partial charge in [0.1, 0.15) is 0 Å². The maximum Gasteiger partial charge on any atom is 0.446 e. The fourth-order valence-corrected chi connectivity index (χ4v) is 2.40. The van der Waals surface area contributed by atoms with Gasteiger partial charge in [-0.15, -0.1) is 0 Å². The van der Waals surface area contributed by atoms with E-state index in [0.29, 0.717) is 18.7 Å². The summed E-state index contributed by atoms with van der Waals surface area (Å²) in [5.41, 5.74) is -3.74. The normalized spacial score (nSPS) is 11.5. The molecule has 0 heterocycles. The maximum absolute atomic E-state index is 12.2. The van der Waals surface area contributed by atoms with Crippen molar-refractivity contribution < 1.29 is 22.8 Å². The van der Waals surface area contributed by atoms with Gasteiger partial charge in [-0.05, 0) is 49.4 Å². The molecule has 0 atom stereocenters. The van der Waals surface area contributed by atoms with Crippen molar-refractivity contribution in [3.8, 4) is 0 Å². The Bertz CT molecular complexity index is 582. The lowest BCUT2D eigenvalue weighted by Gasteiger charge is -2.18. The van der Waals surface area contributed by atoms with Gasteiger partial charge in [-0.25, -0.2) is 0 Å². The van der Waals surface area contributed by atoms with Gasteiger partial charge < -0.3 is 10.2 Å². The monoisotopic (exact) mass is 360 g/mol. The maximum atomic E-state index is 12.2. The molecular weight excluding hydrogens is 341 g/mol. The second kappa shape index (κ2) is 9.36. The van der Waals surface area contributed by atoms with Gasteiger partial charge in [0, 0.05) is 24.1 Å². The minimum atomic E-state index is -4.32. The van der Waals surface area contributed by atoms with Gasteiger partial charge in [0.15, 0.2) is 0 Å². The summed E-state index contributed by atoms with van der Waals surface area (Å²) in [4.78, 5) is 25.1. The highest BCUT2D eigenvalue weighted by molar-refractivity contribution is 8.00. The fourth-order valence-electron chi connectivity index (χ4n) is 1.86. The van der Waals surface area contributed by atoms with E-state index in [-0.39, 0.29) is 29.1 Å². The summed E-state index contributed by atoms with van der Waals surface area (Å²) >= 11 is -0.193. The van der Waals surface area contributed by atoms with E-state index >= 15 is 0 Å². The van der Waals surface area contributed by atoms with Crippen LogP contribution < -0.4 is 5.32 Å². The number of thioether (sulfide) groups is 1. The number of nitrogens with zero attached hydrogens (tertiary/aromatic N) is 1. The number of rotatable bonds is 7. The van der Waals surface area contributed by atoms with Crippen LogP contribution in [0.5, 0.6) is 0 Å². The lowest BCUT2D eigenvalue weighted by Crippen LogP contribution is -2.39. The van der Waals surface area contributed by atoms with E-state index in [4.69, 9.17) is 0 Å². The van der Waals surface area contributed by atoms with E-state index in [1.54, 1.807) is 4.90 Å². The Kier molecular flexibility index (Phi) is 7.84. The minimum Gasteiger partial charge on any atom is -0.343 e. The molecule has 0 unspecified atom stereocenters. The Hall–Kier alpha value is -1.96. The van der Waals surface area contributed by atoms with Crippen LogP contribution in [0.4, 0.5) is 13.2 Å². The number of benzene rings is 1. The number of amides is 2. The number of carbonyl (C=O) groups excluding carboxylic acids is 2. The zero-order chi connectivity index (χ0) is 18.2. The van der Waals surface area contributed by atoms with E-state index in [0.717, 1.165) is 0 Å². The lowest BCUT2D eigenvalue weighted by molar-refractivity contribution is -0.131.